The third-order valence-corrected chi connectivity index (χ3v) is 6.88. The normalized spacial score (nSPS) is 21.5. The maximum absolute atomic E-state index is 12.8. The van der Waals surface area contributed by atoms with E-state index in [1.54, 1.807) is 27.8 Å². The monoisotopic (exact) mass is 367 g/mol. The summed E-state index contributed by atoms with van der Waals surface area (Å²) in [6, 6.07) is -0.256. The molecule has 1 aromatic heterocycles. The van der Waals surface area contributed by atoms with Crippen molar-refractivity contribution >= 4 is 32.9 Å². The van der Waals surface area contributed by atoms with Gasteiger partial charge >= 0.3 is 6.03 Å². The topological polar surface area (TPSA) is 78.5 Å². The molecule has 3 rings (SSSR count). The molecule has 2 heterocycles. The van der Waals surface area contributed by atoms with Crippen molar-refractivity contribution in [2.75, 3.05) is 31.5 Å². The van der Waals surface area contributed by atoms with Gasteiger partial charge in [0.1, 0.15) is 4.90 Å². The zero-order chi connectivity index (χ0) is 17.2. The highest BCUT2D eigenvalue weighted by Crippen LogP contribution is 2.33. The minimum absolute atomic E-state index is 0.168. The number of carbonyl (C=O) groups excluding carboxylic acids is 1. The van der Waals surface area contributed by atoms with Crippen LogP contribution in [0.2, 0.25) is 0 Å². The molecule has 1 aromatic rings. The molecule has 2 amide bonds. The van der Waals surface area contributed by atoms with E-state index >= 15 is 0 Å². The quantitative estimate of drug-likeness (QED) is 0.860. The molecule has 1 saturated heterocycles. The minimum atomic E-state index is -3.61. The van der Waals surface area contributed by atoms with Gasteiger partial charge in [-0.25, -0.2) is 13.2 Å². The molecule has 0 radical (unpaired) electrons. The Labute approximate surface area is 146 Å². The molecule has 1 atom stereocenters. The van der Waals surface area contributed by atoms with Gasteiger partial charge in [0.05, 0.1) is 10.6 Å². The molecule has 0 saturated carbocycles. The Hall–Kier alpha value is -1.64. The van der Waals surface area contributed by atoms with E-state index in [0.717, 1.165) is 13.1 Å². The molecule has 0 spiro atoms. The molecule has 0 aromatic carbocycles. The fourth-order valence-corrected chi connectivity index (χ4v) is 5.30. The largest absolute Gasteiger partial charge is 0.322 e. The number of piperazine rings is 1. The molecule has 2 aliphatic rings. The van der Waals surface area contributed by atoms with Crippen molar-refractivity contribution < 1.29 is 13.2 Å². The lowest BCUT2D eigenvalue weighted by Gasteiger charge is -2.27. The minimum Gasteiger partial charge on any atom is -0.322 e. The van der Waals surface area contributed by atoms with Gasteiger partial charge in [-0.2, -0.15) is 0 Å². The summed E-state index contributed by atoms with van der Waals surface area (Å²) in [5, 5.41) is 9.18. The van der Waals surface area contributed by atoms with E-state index in [4.69, 9.17) is 0 Å². The van der Waals surface area contributed by atoms with Gasteiger partial charge in [0.2, 0.25) is 9.84 Å². The summed E-state index contributed by atoms with van der Waals surface area (Å²) < 4.78 is 25.7. The number of hydrogen-bond donors (Lipinski definition) is 2. The maximum Gasteiger partial charge on any atom is 0.321 e. The summed E-state index contributed by atoms with van der Waals surface area (Å²) in [4.78, 5) is 14.5. The van der Waals surface area contributed by atoms with Crippen LogP contribution in [0.3, 0.4) is 0 Å². The molecule has 1 unspecified atom stereocenters. The van der Waals surface area contributed by atoms with E-state index in [2.05, 4.69) is 10.6 Å². The molecule has 130 valence electrons. The number of sulfone groups is 1. The van der Waals surface area contributed by atoms with Gasteiger partial charge in [-0.1, -0.05) is 19.1 Å². The number of allylic oxidation sites excluding steroid dienone is 3. The average Bonchev–Trinajstić information content (AvgIpc) is 3.05. The number of amides is 2. The van der Waals surface area contributed by atoms with E-state index in [0.29, 0.717) is 36.0 Å². The molecule has 2 N–H and O–H groups in total. The van der Waals surface area contributed by atoms with Gasteiger partial charge in [-0.05, 0) is 18.4 Å². The summed E-state index contributed by atoms with van der Waals surface area (Å²) in [7, 11) is -3.61. The third kappa shape index (κ3) is 3.55. The van der Waals surface area contributed by atoms with Crippen molar-refractivity contribution in [3.05, 3.63) is 33.9 Å². The lowest BCUT2D eigenvalue weighted by atomic mass is 10.0. The Morgan fingerprint density at radius 3 is 2.75 bits per heavy atom. The molecule has 8 heteroatoms. The van der Waals surface area contributed by atoms with Gasteiger partial charge in [0.15, 0.2) is 0 Å². The second-order valence-corrected chi connectivity index (χ2v) is 8.66. The predicted octanol–water partition coefficient (Wildman–Crippen LogP) is 2.44. The molecule has 0 bridgehead atoms. The molecular formula is C16H21N3O3S2. The van der Waals surface area contributed by atoms with Gasteiger partial charge in [0.25, 0.3) is 0 Å². The molecule has 1 aliphatic heterocycles. The number of carbonyl (C=O) groups is 1. The Kier molecular flexibility index (Phi) is 5.07. The van der Waals surface area contributed by atoms with Crippen LogP contribution in [0.4, 0.5) is 10.5 Å². The van der Waals surface area contributed by atoms with Crippen molar-refractivity contribution in [2.24, 2.45) is 5.92 Å². The standard InChI is InChI=1S/C16H21N3O3S2/c1-12-2-4-13(5-3-12)24(21,22)15-11-23-10-14(15)18-16(20)19-8-6-17-7-9-19/h2,4-5,10-12,17H,3,6-9H2,1H3,(H,18,20). The first kappa shape index (κ1) is 17.2. The Bertz CT molecular complexity index is 774. The average molecular weight is 367 g/mol. The van der Waals surface area contributed by atoms with Crippen LogP contribution in [0, 0.1) is 5.92 Å². The zero-order valence-electron chi connectivity index (χ0n) is 13.5. The summed E-state index contributed by atoms with van der Waals surface area (Å²) in [5.74, 6) is 0.346. The van der Waals surface area contributed by atoms with Crippen LogP contribution in [-0.2, 0) is 9.84 Å². The van der Waals surface area contributed by atoms with Crippen molar-refractivity contribution in [3.63, 3.8) is 0 Å². The zero-order valence-corrected chi connectivity index (χ0v) is 15.1. The summed E-state index contributed by atoms with van der Waals surface area (Å²) >= 11 is 1.27. The maximum atomic E-state index is 12.8. The number of rotatable bonds is 3. The number of thiophene rings is 1. The van der Waals surface area contributed by atoms with Crippen molar-refractivity contribution in [1.82, 2.24) is 10.2 Å². The van der Waals surface area contributed by atoms with Crippen LogP contribution in [0.1, 0.15) is 13.3 Å². The van der Waals surface area contributed by atoms with Crippen molar-refractivity contribution in [2.45, 2.75) is 18.2 Å². The fourth-order valence-electron chi connectivity index (χ4n) is 2.68. The fraction of sp³-hybridized carbons (Fsp3) is 0.438. The second-order valence-electron chi connectivity index (χ2n) is 6.00. The summed E-state index contributed by atoms with van der Waals surface area (Å²) in [6.07, 6.45) is 6.01. The molecule has 6 nitrogen and oxygen atoms in total. The van der Waals surface area contributed by atoms with Crippen LogP contribution in [-0.4, -0.2) is 45.5 Å². The number of hydrogen-bond acceptors (Lipinski definition) is 5. The van der Waals surface area contributed by atoms with Crippen LogP contribution in [0.25, 0.3) is 0 Å². The van der Waals surface area contributed by atoms with Gasteiger partial charge in [-0.3, -0.25) is 0 Å². The van der Waals surface area contributed by atoms with E-state index in [1.165, 1.54) is 11.3 Å². The smallest absolute Gasteiger partial charge is 0.321 e. The molecule has 24 heavy (non-hydrogen) atoms. The highest BCUT2D eigenvalue weighted by molar-refractivity contribution is 7.95. The first-order valence-corrected chi connectivity index (χ1v) is 10.4. The van der Waals surface area contributed by atoms with E-state index in [1.807, 2.05) is 13.0 Å². The van der Waals surface area contributed by atoms with Crippen molar-refractivity contribution in [3.8, 4) is 0 Å². The number of anilines is 1. The predicted molar refractivity (Wildman–Crippen MR) is 96.0 cm³/mol. The lowest BCUT2D eigenvalue weighted by Crippen LogP contribution is -2.48. The SMILES string of the molecule is CC1C=CC(S(=O)(=O)c2cscc2NC(=O)N2CCNCC2)=CC1. The molecule has 1 aliphatic carbocycles. The third-order valence-electron chi connectivity index (χ3n) is 4.15. The molecular weight excluding hydrogens is 346 g/mol. The Morgan fingerprint density at radius 2 is 2.08 bits per heavy atom. The number of nitrogens with one attached hydrogen (secondary N) is 2. The number of urea groups is 1. The van der Waals surface area contributed by atoms with Crippen LogP contribution < -0.4 is 10.6 Å². The molecule has 1 fully saturated rings. The van der Waals surface area contributed by atoms with E-state index in [9.17, 15) is 13.2 Å². The van der Waals surface area contributed by atoms with Crippen molar-refractivity contribution in [1.29, 1.82) is 0 Å². The van der Waals surface area contributed by atoms with Crippen LogP contribution in [0.15, 0.2) is 38.8 Å². The highest BCUT2D eigenvalue weighted by Gasteiger charge is 2.26. The Morgan fingerprint density at radius 1 is 1.33 bits per heavy atom. The van der Waals surface area contributed by atoms with Crippen LogP contribution >= 0.6 is 11.3 Å². The van der Waals surface area contributed by atoms with Gasteiger partial charge in [0, 0.05) is 36.9 Å². The second kappa shape index (κ2) is 7.08. The lowest BCUT2D eigenvalue weighted by molar-refractivity contribution is 0.204. The first-order chi connectivity index (χ1) is 11.5. The van der Waals surface area contributed by atoms with Gasteiger partial charge < -0.3 is 15.5 Å². The summed E-state index contributed by atoms with van der Waals surface area (Å²) in [6.45, 7) is 4.77. The summed E-state index contributed by atoms with van der Waals surface area (Å²) in [5.41, 5.74) is 0.358. The van der Waals surface area contributed by atoms with E-state index in [-0.39, 0.29) is 10.9 Å². The van der Waals surface area contributed by atoms with E-state index < -0.39 is 9.84 Å². The highest BCUT2D eigenvalue weighted by atomic mass is 32.2. The number of nitrogens with zero attached hydrogens (tertiary/aromatic N) is 1. The first-order valence-electron chi connectivity index (χ1n) is 7.95. The Balaban J connectivity index is 1.80. The van der Waals surface area contributed by atoms with Gasteiger partial charge in [-0.15, -0.1) is 11.3 Å². The van der Waals surface area contributed by atoms with Crippen LogP contribution in [0.5, 0.6) is 0 Å².